The van der Waals surface area contributed by atoms with Gasteiger partial charge in [-0.2, -0.15) is 0 Å². The Morgan fingerprint density at radius 3 is 2.72 bits per heavy atom. The molecule has 3 nitrogen and oxygen atoms in total. The Hall–Kier alpha value is -0.770. The summed E-state index contributed by atoms with van der Waals surface area (Å²) in [5.41, 5.74) is 6.85. The SMILES string of the molecule is COc1ccc(Cl)c(CN2CCC(CN)CC2)c1. The Bertz CT molecular complexity index is 389. The molecule has 1 aliphatic rings. The van der Waals surface area contributed by atoms with E-state index in [4.69, 9.17) is 22.1 Å². The molecule has 1 aliphatic heterocycles. The van der Waals surface area contributed by atoms with Gasteiger partial charge in [0, 0.05) is 11.6 Å². The second-order valence-electron chi connectivity index (χ2n) is 4.91. The smallest absolute Gasteiger partial charge is 0.119 e. The highest BCUT2D eigenvalue weighted by Gasteiger charge is 2.18. The van der Waals surface area contributed by atoms with Gasteiger partial charge in [0.1, 0.15) is 5.75 Å². The molecule has 2 rings (SSSR count). The third-order valence-corrected chi connectivity index (χ3v) is 4.06. The fraction of sp³-hybridized carbons (Fsp3) is 0.571. The van der Waals surface area contributed by atoms with Gasteiger partial charge in [0.05, 0.1) is 7.11 Å². The van der Waals surface area contributed by atoms with Crippen LogP contribution in [0.5, 0.6) is 5.75 Å². The van der Waals surface area contributed by atoms with Crippen LogP contribution in [-0.4, -0.2) is 31.6 Å². The van der Waals surface area contributed by atoms with Crippen molar-refractivity contribution in [1.29, 1.82) is 0 Å². The molecular weight excluding hydrogens is 248 g/mol. The molecule has 0 saturated carbocycles. The molecule has 4 heteroatoms. The second kappa shape index (κ2) is 6.41. The van der Waals surface area contributed by atoms with Crippen molar-refractivity contribution in [2.75, 3.05) is 26.7 Å². The van der Waals surface area contributed by atoms with E-state index in [9.17, 15) is 0 Å². The third-order valence-electron chi connectivity index (χ3n) is 3.69. The van der Waals surface area contributed by atoms with Crippen molar-refractivity contribution in [2.45, 2.75) is 19.4 Å². The predicted molar refractivity (Wildman–Crippen MR) is 75.1 cm³/mol. The Morgan fingerprint density at radius 2 is 2.11 bits per heavy atom. The number of halogens is 1. The number of nitrogens with zero attached hydrogens (tertiary/aromatic N) is 1. The maximum absolute atomic E-state index is 6.23. The van der Waals surface area contributed by atoms with Gasteiger partial charge in [-0.15, -0.1) is 0 Å². The first-order valence-corrected chi connectivity index (χ1v) is 6.85. The molecule has 1 heterocycles. The van der Waals surface area contributed by atoms with Crippen molar-refractivity contribution >= 4 is 11.6 Å². The number of ether oxygens (including phenoxy) is 1. The Balaban J connectivity index is 1.97. The fourth-order valence-corrected chi connectivity index (χ4v) is 2.60. The summed E-state index contributed by atoms with van der Waals surface area (Å²) in [5.74, 6) is 1.56. The standard InChI is InChI=1S/C14H21ClN2O/c1-18-13-2-3-14(15)12(8-13)10-17-6-4-11(9-16)5-7-17/h2-3,8,11H,4-7,9-10,16H2,1H3. The lowest BCUT2D eigenvalue weighted by Gasteiger charge is -2.31. The van der Waals surface area contributed by atoms with E-state index in [2.05, 4.69) is 4.90 Å². The topological polar surface area (TPSA) is 38.5 Å². The molecule has 2 N–H and O–H groups in total. The summed E-state index contributed by atoms with van der Waals surface area (Å²) in [5, 5.41) is 0.816. The van der Waals surface area contributed by atoms with E-state index in [0.29, 0.717) is 5.92 Å². The van der Waals surface area contributed by atoms with E-state index < -0.39 is 0 Å². The van der Waals surface area contributed by atoms with Crippen LogP contribution in [0.4, 0.5) is 0 Å². The number of likely N-dealkylation sites (tertiary alicyclic amines) is 1. The monoisotopic (exact) mass is 268 g/mol. The summed E-state index contributed by atoms with van der Waals surface area (Å²) in [4.78, 5) is 2.44. The van der Waals surface area contributed by atoms with Crippen molar-refractivity contribution in [3.63, 3.8) is 0 Å². The summed E-state index contributed by atoms with van der Waals surface area (Å²) >= 11 is 6.23. The molecule has 1 aromatic carbocycles. The summed E-state index contributed by atoms with van der Waals surface area (Å²) in [6, 6.07) is 5.83. The molecular formula is C14H21ClN2O. The highest BCUT2D eigenvalue weighted by atomic mass is 35.5. The normalized spacial score (nSPS) is 17.9. The maximum Gasteiger partial charge on any atom is 0.119 e. The van der Waals surface area contributed by atoms with Gasteiger partial charge in [0.2, 0.25) is 0 Å². The van der Waals surface area contributed by atoms with E-state index in [1.54, 1.807) is 7.11 Å². The van der Waals surface area contributed by atoms with Crippen LogP contribution in [0.3, 0.4) is 0 Å². The van der Waals surface area contributed by atoms with Gasteiger partial charge in [0.15, 0.2) is 0 Å². The molecule has 1 fully saturated rings. The van der Waals surface area contributed by atoms with Crippen LogP contribution in [0, 0.1) is 5.92 Å². The van der Waals surface area contributed by atoms with Crippen LogP contribution in [-0.2, 0) is 6.54 Å². The van der Waals surface area contributed by atoms with Gasteiger partial charge in [-0.05, 0) is 62.2 Å². The van der Waals surface area contributed by atoms with Crippen LogP contribution < -0.4 is 10.5 Å². The minimum Gasteiger partial charge on any atom is -0.497 e. The van der Waals surface area contributed by atoms with Gasteiger partial charge < -0.3 is 10.5 Å². The summed E-state index contributed by atoms with van der Waals surface area (Å²) in [7, 11) is 1.68. The van der Waals surface area contributed by atoms with E-state index in [1.165, 1.54) is 12.8 Å². The molecule has 0 unspecified atom stereocenters. The number of hydrogen-bond acceptors (Lipinski definition) is 3. The third kappa shape index (κ3) is 3.37. The first-order chi connectivity index (χ1) is 8.72. The van der Waals surface area contributed by atoms with Gasteiger partial charge in [-0.3, -0.25) is 4.90 Å². The van der Waals surface area contributed by atoms with Crippen LogP contribution in [0.2, 0.25) is 5.02 Å². The van der Waals surface area contributed by atoms with Crippen molar-refractivity contribution in [1.82, 2.24) is 4.90 Å². The Kier molecular flexibility index (Phi) is 4.87. The summed E-state index contributed by atoms with van der Waals surface area (Å²) in [6.07, 6.45) is 2.39. The highest BCUT2D eigenvalue weighted by Crippen LogP contribution is 2.25. The van der Waals surface area contributed by atoms with Crippen molar-refractivity contribution in [2.24, 2.45) is 11.7 Å². The molecule has 1 saturated heterocycles. The molecule has 0 amide bonds. The first-order valence-electron chi connectivity index (χ1n) is 6.47. The second-order valence-corrected chi connectivity index (χ2v) is 5.32. The molecule has 0 spiro atoms. The molecule has 1 aromatic rings. The molecule has 0 aliphatic carbocycles. The molecule has 0 atom stereocenters. The minimum absolute atomic E-state index is 0.696. The zero-order valence-corrected chi connectivity index (χ0v) is 11.6. The number of rotatable bonds is 4. The lowest BCUT2D eigenvalue weighted by atomic mass is 9.97. The maximum atomic E-state index is 6.23. The van der Waals surface area contributed by atoms with Crippen LogP contribution in [0.25, 0.3) is 0 Å². The average molecular weight is 269 g/mol. The molecule has 18 heavy (non-hydrogen) atoms. The average Bonchev–Trinajstić information content (AvgIpc) is 2.42. The number of piperidine rings is 1. The van der Waals surface area contributed by atoms with Crippen molar-refractivity contribution in [3.05, 3.63) is 28.8 Å². The Labute approximate surface area is 114 Å². The van der Waals surface area contributed by atoms with Crippen LogP contribution in [0.15, 0.2) is 18.2 Å². The zero-order valence-electron chi connectivity index (χ0n) is 10.9. The predicted octanol–water partition coefficient (Wildman–Crippen LogP) is 2.52. The zero-order chi connectivity index (χ0) is 13.0. The van der Waals surface area contributed by atoms with E-state index in [-0.39, 0.29) is 0 Å². The Morgan fingerprint density at radius 1 is 1.39 bits per heavy atom. The van der Waals surface area contributed by atoms with E-state index in [1.807, 2.05) is 18.2 Å². The van der Waals surface area contributed by atoms with Crippen LogP contribution in [0.1, 0.15) is 18.4 Å². The summed E-state index contributed by atoms with van der Waals surface area (Å²) in [6.45, 7) is 3.92. The van der Waals surface area contributed by atoms with Gasteiger partial charge >= 0.3 is 0 Å². The first kappa shape index (κ1) is 13.7. The number of methoxy groups -OCH3 is 1. The highest BCUT2D eigenvalue weighted by molar-refractivity contribution is 6.31. The fourth-order valence-electron chi connectivity index (χ4n) is 2.42. The van der Waals surface area contributed by atoms with Crippen molar-refractivity contribution in [3.8, 4) is 5.75 Å². The minimum atomic E-state index is 0.696. The number of nitrogens with two attached hydrogens (primary N) is 1. The molecule has 0 aromatic heterocycles. The summed E-state index contributed by atoms with van der Waals surface area (Å²) < 4.78 is 5.24. The largest absolute Gasteiger partial charge is 0.497 e. The molecule has 100 valence electrons. The van der Waals surface area contributed by atoms with E-state index in [0.717, 1.165) is 42.5 Å². The van der Waals surface area contributed by atoms with Gasteiger partial charge in [0.25, 0.3) is 0 Å². The van der Waals surface area contributed by atoms with E-state index >= 15 is 0 Å². The lowest BCUT2D eigenvalue weighted by molar-refractivity contribution is 0.180. The van der Waals surface area contributed by atoms with Crippen molar-refractivity contribution < 1.29 is 4.74 Å². The lowest BCUT2D eigenvalue weighted by Crippen LogP contribution is -2.35. The number of benzene rings is 1. The molecule has 0 bridgehead atoms. The van der Waals surface area contributed by atoms with Crippen LogP contribution >= 0.6 is 11.6 Å². The van der Waals surface area contributed by atoms with Gasteiger partial charge in [-0.25, -0.2) is 0 Å². The van der Waals surface area contributed by atoms with Gasteiger partial charge in [-0.1, -0.05) is 11.6 Å². The molecule has 0 radical (unpaired) electrons. The number of hydrogen-bond donors (Lipinski definition) is 1. The quantitative estimate of drug-likeness (QED) is 0.912.